The molecule has 0 aromatic heterocycles. The Morgan fingerprint density at radius 2 is 0.495 bits per heavy atom. The quantitative estimate of drug-likeness (QED) is 0.0146. The van der Waals surface area contributed by atoms with Gasteiger partial charge in [0.1, 0.15) is 25.4 Å². The number of hydrogen-bond donors (Lipinski definition) is 4. The lowest BCUT2D eigenvalue weighted by molar-refractivity contribution is -0.161. The third kappa shape index (κ3) is 82.7. The van der Waals surface area contributed by atoms with Crippen LogP contribution in [0.2, 0.25) is 0 Å². The van der Waals surface area contributed by atoms with Gasteiger partial charge < -0.3 is 34.2 Å². The molecule has 16 nitrogen and oxygen atoms in total. The van der Waals surface area contributed by atoms with Crippen LogP contribution in [0.3, 0.4) is 0 Å². The van der Waals surface area contributed by atoms with Crippen molar-refractivity contribution in [2.45, 2.75) is 386 Å². The molecule has 0 aromatic carbocycles. The molecule has 0 aliphatic rings. The summed E-state index contributed by atoms with van der Waals surface area (Å²) < 4.78 is 61.2. The summed E-state index contributed by atoms with van der Waals surface area (Å²) in [7, 11) is -9.79. The van der Waals surface area contributed by atoms with Crippen molar-refractivity contribution in [1.82, 2.24) is 0 Å². The smallest absolute Gasteiger partial charge is 0.463 e. The summed E-state index contributed by atoms with van der Waals surface area (Å²) >= 11 is 0. The zero-order valence-corrected chi connectivity index (χ0v) is 69.6. The van der Waals surface area contributed by atoms with Gasteiger partial charge in [-0.2, -0.15) is 0 Å². The van der Waals surface area contributed by atoms with Crippen LogP contribution < -0.4 is 0 Å². The van der Waals surface area contributed by atoms with E-state index < -0.39 is 91.5 Å². The average Bonchev–Trinajstić information content (AvgIpc) is 0.909. The molecule has 0 spiro atoms. The molecule has 4 N–H and O–H groups in total. The zero-order chi connectivity index (χ0) is 78.0. The minimum atomic E-state index is -4.93. The van der Waals surface area contributed by atoms with E-state index >= 15 is 0 Å². The van der Waals surface area contributed by atoms with Gasteiger partial charge in [-0.05, 0) is 135 Å². The second-order valence-corrected chi connectivity index (χ2v) is 31.5. The Hall–Kier alpha value is -4.05. The van der Waals surface area contributed by atoms with Gasteiger partial charge in [0.15, 0.2) is 6.10 Å². The van der Waals surface area contributed by atoms with Gasteiger partial charge in [0.2, 0.25) is 0 Å². The van der Waals surface area contributed by atoms with Crippen molar-refractivity contribution in [3.63, 3.8) is 0 Å². The van der Waals surface area contributed by atoms with Crippen molar-refractivity contribution in [2.24, 2.45) is 0 Å². The molecule has 0 heterocycles. The average molecular weight is 1540 g/mol. The summed E-state index contributed by atoms with van der Waals surface area (Å²) in [6, 6.07) is 0. The molecule has 5 atom stereocenters. The summed E-state index contributed by atoms with van der Waals surface area (Å²) in [4.78, 5) is 58.7. The third-order valence-electron chi connectivity index (χ3n) is 18.1. The van der Waals surface area contributed by atoms with Gasteiger partial charge in [-0.3, -0.25) is 32.5 Å². The van der Waals surface area contributed by atoms with Crippen molar-refractivity contribution < 1.29 is 75.8 Å². The van der Waals surface area contributed by atoms with E-state index in [1.54, 1.807) is 0 Å². The topological polar surface area (TPSA) is 231 Å². The summed E-state index contributed by atoms with van der Waals surface area (Å²) in [5.41, 5.74) is 0. The molecule has 0 rings (SSSR count). The second-order valence-electron chi connectivity index (χ2n) is 28.6. The Bertz CT molecular complexity index is 2430. The number of carbonyl (C=O) groups is 3. The summed E-state index contributed by atoms with van der Waals surface area (Å²) in [5.74, 6) is -1.58. The highest BCUT2D eigenvalue weighted by Gasteiger charge is 2.29. The monoisotopic (exact) mass is 1540 g/mol. The van der Waals surface area contributed by atoms with Crippen molar-refractivity contribution in [3.8, 4) is 0 Å². The lowest BCUT2D eigenvalue weighted by Crippen LogP contribution is -2.30. The minimum Gasteiger partial charge on any atom is -0.463 e. The first-order chi connectivity index (χ1) is 52.2. The van der Waals surface area contributed by atoms with E-state index in [1.165, 1.54) is 154 Å². The number of phosphoric acid groups is 2. The van der Waals surface area contributed by atoms with Gasteiger partial charge in [-0.15, -0.1) is 0 Å². The molecule has 0 fully saturated rings. The first kappa shape index (κ1) is 103. The number of unbranched alkanes of at least 4 members (excludes halogenated alkanes) is 38. The molecule has 0 aliphatic carbocycles. The highest BCUT2D eigenvalue weighted by molar-refractivity contribution is 7.47. The minimum absolute atomic E-state index is 0.0918. The van der Waals surface area contributed by atoms with Crippen LogP contribution in [-0.4, -0.2) is 95.9 Å². The summed E-state index contributed by atoms with van der Waals surface area (Å²) in [6.07, 6.45) is 98.4. The van der Waals surface area contributed by atoms with Gasteiger partial charge >= 0.3 is 33.6 Å². The van der Waals surface area contributed by atoms with Gasteiger partial charge in [0.05, 0.1) is 26.4 Å². The van der Waals surface area contributed by atoms with E-state index in [0.29, 0.717) is 19.3 Å². The van der Waals surface area contributed by atoms with Crippen molar-refractivity contribution in [1.29, 1.82) is 0 Å². The Morgan fingerprint density at radius 3 is 0.813 bits per heavy atom. The second kappa shape index (κ2) is 81.4. The van der Waals surface area contributed by atoms with Crippen LogP contribution in [-0.2, 0) is 55.8 Å². The number of allylic oxidation sites excluding steroid dienone is 20. The molecule has 0 radical (unpaired) electrons. The normalized spacial score (nSPS) is 14.5. The van der Waals surface area contributed by atoms with E-state index in [4.69, 9.17) is 32.3 Å². The predicted octanol–water partition coefficient (Wildman–Crippen LogP) is 25.7. The number of aliphatic hydroxyl groups excluding tert-OH is 2. The van der Waals surface area contributed by atoms with E-state index in [-0.39, 0.29) is 19.3 Å². The molecule has 618 valence electrons. The fourth-order valence-electron chi connectivity index (χ4n) is 11.6. The standard InChI is InChI=1S/C89H156O16P2/c1-4-7-10-13-16-19-22-25-27-29-31-33-35-36-37-38-39-40-41-42-43-44-45-46-48-50-51-53-55-58-60-63-66-69-72-75-87(92)99-78-84(90)79-101-106(95,96)102-80-85(91)81-103-107(97,98)104-83-86(105-89(94)77-74-71-68-65-62-57-24-21-18-15-12-9-6-3)82-100-88(93)76-73-70-67-64-61-59-56-54-52-49-47-34-32-30-28-26-23-20-17-14-11-8-5-2/h7,10,16-17,19-21,24-28,31-34,36-37,49,52,84-86,90-91H,4-6,8-9,11-15,18,22-23,29-30,35,38-48,50-51,53-83H2,1-3H3,(H,95,96)(H,97,98)/b10-7-,19-16-,20-17-,24-21-,27-25-,28-26-,33-31-,34-32-,37-36-,52-49-. The number of aliphatic hydroxyl groups is 2. The van der Waals surface area contributed by atoms with Crippen LogP contribution in [0, 0.1) is 0 Å². The molecule has 0 amide bonds. The predicted molar refractivity (Wildman–Crippen MR) is 445 cm³/mol. The largest absolute Gasteiger partial charge is 0.472 e. The Labute approximate surface area is 653 Å². The number of rotatable bonds is 81. The van der Waals surface area contributed by atoms with Crippen LogP contribution in [0.5, 0.6) is 0 Å². The highest BCUT2D eigenvalue weighted by Crippen LogP contribution is 2.45. The number of phosphoric ester groups is 2. The zero-order valence-electron chi connectivity index (χ0n) is 67.8. The van der Waals surface area contributed by atoms with Gasteiger partial charge in [0, 0.05) is 19.3 Å². The Kier molecular flexibility index (Phi) is 78.4. The molecular weight excluding hydrogens is 1390 g/mol. The summed E-state index contributed by atoms with van der Waals surface area (Å²) in [5, 5.41) is 20.7. The fraction of sp³-hybridized carbons (Fsp3) is 0.742. The lowest BCUT2D eigenvalue weighted by Gasteiger charge is -2.21. The number of carbonyl (C=O) groups excluding carboxylic acids is 3. The van der Waals surface area contributed by atoms with Gasteiger partial charge in [-0.1, -0.05) is 335 Å². The maximum absolute atomic E-state index is 13.0. The molecule has 0 saturated carbocycles. The van der Waals surface area contributed by atoms with E-state index in [0.717, 1.165) is 154 Å². The van der Waals surface area contributed by atoms with E-state index in [9.17, 15) is 43.5 Å². The van der Waals surface area contributed by atoms with Crippen LogP contribution in [0.4, 0.5) is 0 Å². The number of ether oxygens (including phenoxy) is 3. The van der Waals surface area contributed by atoms with Crippen molar-refractivity contribution in [2.75, 3.05) is 39.6 Å². The first-order valence-corrected chi connectivity index (χ1v) is 45.8. The Balaban J connectivity index is 4.38. The van der Waals surface area contributed by atoms with Crippen LogP contribution >= 0.6 is 15.6 Å². The first-order valence-electron chi connectivity index (χ1n) is 42.8. The highest BCUT2D eigenvalue weighted by atomic mass is 31.2. The molecule has 5 unspecified atom stereocenters. The molecule has 0 aliphatic heterocycles. The molecule has 107 heavy (non-hydrogen) atoms. The Morgan fingerprint density at radius 1 is 0.271 bits per heavy atom. The van der Waals surface area contributed by atoms with E-state index in [1.807, 2.05) is 0 Å². The van der Waals surface area contributed by atoms with Gasteiger partial charge in [-0.25, -0.2) is 9.13 Å². The van der Waals surface area contributed by atoms with Crippen LogP contribution in [0.1, 0.15) is 367 Å². The molecule has 0 saturated heterocycles. The maximum atomic E-state index is 13.0. The SMILES string of the molecule is CC/C=C\C/C=C\C/C=C\C/C=C\C/C=C\CCCCCCCCCCCCCCCCCCCCCC(=O)OCC(O)COP(=O)(O)OCC(O)COP(=O)(O)OCC(COC(=O)CCCCCCCCC/C=C\C/C=C\C/C=C\C/C=C\CCCCC)OC(=O)CCCCCCC/C=C\CCCCCC. The molecule has 0 aromatic rings. The molecular formula is C89H156O16P2. The summed E-state index contributed by atoms with van der Waals surface area (Å²) in [6.45, 7) is 2.54. The number of esters is 3. The van der Waals surface area contributed by atoms with Gasteiger partial charge in [0.25, 0.3) is 0 Å². The fourth-order valence-corrected chi connectivity index (χ4v) is 13.2. The van der Waals surface area contributed by atoms with Crippen LogP contribution in [0.15, 0.2) is 122 Å². The maximum Gasteiger partial charge on any atom is 0.472 e. The number of hydrogen-bond acceptors (Lipinski definition) is 14. The lowest BCUT2D eigenvalue weighted by atomic mass is 10.0. The van der Waals surface area contributed by atoms with Crippen LogP contribution in [0.25, 0.3) is 0 Å². The third-order valence-corrected chi connectivity index (χ3v) is 20.0. The molecule has 18 heteroatoms. The van der Waals surface area contributed by atoms with Crippen molar-refractivity contribution in [3.05, 3.63) is 122 Å². The van der Waals surface area contributed by atoms with E-state index in [2.05, 4.69) is 142 Å². The van der Waals surface area contributed by atoms with Crippen molar-refractivity contribution >= 4 is 33.6 Å². The molecule has 0 bridgehead atoms.